The number of fused-ring (bicyclic) bond motifs is 1. The van der Waals surface area contributed by atoms with Gasteiger partial charge >= 0.3 is 6.09 Å². The number of ether oxygens (including phenoxy) is 1. The van der Waals surface area contributed by atoms with Gasteiger partial charge < -0.3 is 4.74 Å². The van der Waals surface area contributed by atoms with Gasteiger partial charge in [0.2, 0.25) is 0 Å². The molecule has 5 nitrogen and oxygen atoms in total. The molecular formula is C18H23FN2O3. The Morgan fingerprint density at radius 3 is 2.67 bits per heavy atom. The number of piperidine rings is 2. The number of hydrogen-bond donors (Lipinski definition) is 1. The summed E-state index contributed by atoms with van der Waals surface area (Å²) in [5.41, 5.74) is 0.226. The zero-order chi connectivity index (χ0) is 16.9. The smallest absolute Gasteiger partial charge is 0.414 e. The van der Waals surface area contributed by atoms with Crippen molar-refractivity contribution in [1.29, 1.82) is 0 Å². The molecule has 1 aromatic carbocycles. The fourth-order valence-corrected chi connectivity index (χ4v) is 3.76. The van der Waals surface area contributed by atoms with Crippen LogP contribution in [0.25, 0.3) is 0 Å². The van der Waals surface area contributed by atoms with E-state index in [2.05, 4.69) is 10.2 Å². The number of nitrogens with zero attached hydrogens (tertiary/aromatic N) is 1. The Bertz CT molecular complexity index is 588. The van der Waals surface area contributed by atoms with Crippen molar-refractivity contribution in [3.05, 3.63) is 35.6 Å². The summed E-state index contributed by atoms with van der Waals surface area (Å²) in [5.74, 6) is -0.669. The molecule has 2 atom stereocenters. The van der Waals surface area contributed by atoms with Gasteiger partial charge in [-0.2, -0.15) is 0 Å². The first-order valence-electron chi connectivity index (χ1n) is 8.61. The van der Waals surface area contributed by atoms with E-state index in [0.717, 1.165) is 32.4 Å². The van der Waals surface area contributed by atoms with Gasteiger partial charge in [0.25, 0.3) is 5.91 Å². The predicted octanol–water partition coefficient (Wildman–Crippen LogP) is 2.96. The molecule has 2 aliphatic rings. The van der Waals surface area contributed by atoms with E-state index in [1.807, 2.05) is 0 Å². The van der Waals surface area contributed by atoms with Crippen molar-refractivity contribution in [3.8, 4) is 0 Å². The number of halogens is 1. The molecule has 2 fully saturated rings. The summed E-state index contributed by atoms with van der Waals surface area (Å²) >= 11 is 0. The molecule has 0 unspecified atom stereocenters. The number of benzene rings is 1. The molecule has 0 radical (unpaired) electrons. The lowest BCUT2D eigenvalue weighted by Crippen LogP contribution is -2.49. The zero-order valence-electron chi connectivity index (χ0n) is 13.7. The van der Waals surface area contributed by atoms with Gasteiger partial charge in [0.05, 0.1) is 6.61 Å². The molecular weight excluding hydrogens is 311 g/mol. The summed E-state index contributed by atoms with van der Waals surface area (Å²) in [7, 11) is 0. The van der Waals surface area contributed by atoms with E-state index in [0.29, 0.717) is 18.6 Å². The van der Waals surface area contributed by atoms with Gasteiger partial charge in [0, 0.05) is 17.5 Å². The van der Waals surface area contributed by atoms with Crippen molar-refractivity contribution in [3.63, 3.8) is 0 Å². The minimum Gasteiger partial charge on any atom is -0.449 e. The second-order valence-electron chi connectivity index (χ2n) is 6.56. The van der Waals surface area contributed by atoms with Crippen LogP contribution in [-0.4, -0.2) is 42.6 Å². The highest BCUT2D eigenvalue weighted by atomic mass is 19.1. The average Bonchev–Trinajstić information content (AvgIpc) is 2.60. The number of hydrogen-bond acceptors (Lipinski definition) is 4. The van der Waals surface area contributed by atoms with Gasteiger partial charge in [0.1, 0.15) is 5.82 Å². The SMILES string of the molecule is O=C(NC(=O)c1ccc(F)cc1)OC[C@@H]1CCCN2CCCC[C@H]12. The maximum atomic E-state index is 12.8. The fraction of sp³-hybridized carbons (Fsp3) is 0.556. The lowest BCUT2D eigenvalue weighted by atomic mass is 9.84. The molecule has 6 heteroatoms. The number of carbonyl (C=O) groups excluding carboxylic acids is 2. The highest BCUT2D eigenvalue weighted by Gasteiger charge is 2.33. The standard InChI is InChI=1S/C18H23FN2O3/c19-15-8-6-13(7-9-15)17(22)20-18(23)24-12-14-4-3-11-21-10-2-1-5-16(14)21/h6-9,14,16H,1-5,10-12H2,(H,20,22,23)/t14-,16+/m0/s1. The summed E-state index contributed by atoms with van der Waals surface area (Å²) < 4.78 is 18.1. The van der Waals surface area contributed by atoms with Crippen LogP contribution < -0.4 is 5.32 Å². The molecule has 130 valence electrons. The molecule has 0 saturated carbocycles. The van der Waals surface area contributed by atoms with E-state index in [9.17, 15) is 14.0 Å². The summed E-state index contributed by atoms with van der Waals surface area (Å²) in [4.78, 5) is 26.3. The highest BCUT2D eigenvalue weighted by molar-refractivity contribution is 6.02. The van der Waals surface area contributed by atoms with Crippen LogP contribution in [-0.2, 0) is 4.74 Å². The number of carbonyl (C=O) groups is 2. The molecule has 0 aliphatic carbocycles. The Labute approximate surface area is 141 Å². The van der Waals surface area contributed by atoms with E-state index in [1.54, 1.807) is 0 Å². The lowest BCUT2D eigenvalue weighted by molar-refractivity contribution is 0.0235. The Morgan fingerprint density at radius 1 is 1.12 bits per heavy atom. The normalized spacial score (nSPS) is 24.0. The number of rotatable bonds is 3. The molecule has 3 rings (SSSR count). The average molecular weight is 334 g/mol. The highest BCUT2D eigenvalue weighted by Crippen LogP contribution is 2.30. The third kappa shape index (κ3) is 4.12. The van der Waals surface area contributed by atoms with Gasteiger partial charge in [-0.1, -0.05) is 6.42 Å². The van der Waals surface area contributed by atoms with Crippen molar-refractivity contribution in [2.24, 2.45) is 5.92 Å². The van der Waals surface area contributed by atoms with Crippen molar-refractivity contribution in [2.45, 2.75) is 38.1 Å². The van der Waals surface area contributed by atoms with Gasteiger partial charge in [-0.3, -0.25) is 15.0 Å². The third-order valence-electron chi connectivity index (χ3n) is 4.98. The largest absolute Gasteiger partial charge is 0.449 e. The zero-order valence-corrected chi connectivity index (χ0v) is 13.7. The van der Waals surface area contributed by atoms with E-state index in [1.165, 1.54) is 37.1 Å². The first kappa shape index (κ1) is 16.9. The number of amides is 2. The number of imide groups is 1. The molecule has 2 heterocycles. The molecule has 2 amide bonds. The van der Waals surface area contributed by atoms with Crippen LogP contribution >= 0.6 is 0 Å². The molecule has 0 aromatic heterocycles. The van der Waals surface area contributed by atoms with Crippen molar-refractivity contribution >= 4 is 12.0 Å². The minimum atomic E-state index is -0.739. The summed E-state index contributed by atoms with van der Waals surface area (Å²) in [5, 5.41) is 2.19. The third-order valence-corrected chi connectivity index (χ3v) is 4.98. The topological polar surface area (TPSA) is 58.6 Å². The molecule has 2 aliphatic heterocycles. The maximum absolute atomic E-state index is 12.8. The molecule has 0 spiro atoms. The Balaban J connectivity index is 1.48. The van der Waals surface area contributed by atoms with Crippen LogP contribution in [0.1, 0.15) is 42.5 Å². The van der Waals surface area contributed by atoms with Crippen LogP contribution in [0.3, 0.4) is 0 Å². The molecule has 2 saturated heterocycles. The quantitative estimate of drug-likeness (QED) is 0.923. The Hall–Kier alpha value is -1.95. The summed E-state index contributed by atoms with van der Waals surface area (Å²) in [6.45, 7) is 2.61. The Kier molecular flexibility index (Phi) is 5.45. The van der Waals surface area contributed by atoms with Crippen LogP contribution in [0.5, 0.6) is 0 Å². The van der Waals surface area contributed by atoms with E-state index in [-0.39, 0.29) is 5.56 Å². The van der Waals surface area contributed by atoms with Gasteiger partial charge in [0.15, 0.2) is 0 Å². The van der Waals surface area contributed by atoms with Gasteiger partial charge in [-0.05, 0) is 63.0 Å². The van der Waals surface area contributed by atoms with Crippen LogP contribution in [0, 0.1) is 11.7 Å². The lowest BCUT2D eigenvalue weighted by Gasteiger charge is -2.44. The molecule has 24 heavy (non-hydrogen) atoms. The Morgan fingerprint density at radius 2 is 1.88 bits per heavy atom. The first-order chi connectivity index (χ1) is 11.6. The maximum Gasteiger partial charge on any atom is 0.414 e. The van der Waals surface area contributed by atoms with Gasteiger partial charge in [-0.15, -0.1) is 0 Å². The number of alkyl carbamates (subject to hydrolysis) is 1. The first-order valence-corrected chi connectivity index (χ1v) is 8.61. The van der Waals surface area contributed by atoms with E-state index in [4.69, 9.17) is 4.74 Å². The molecule has 1 N–H and O–H groups in total. The molecule has 1 aromatic rings. The molecule has 0 bridgehead atoms. The second kappa shape index (κ2) is 7.75. The second-order valence-corrected chi connectivity index (χ2v) is 6.56. The van der Waals surface area contributed by atoms with Crippen LogP contribution in [0.2, 0.25) is 0 Å². The fourth-order valence-electron chi connectivity index (χ4n) is 3.76. The van der Waals surface area contributed by atoms with Crippen molar-refractivity contribution in [1.82, 2.24) is 10.2 Å². The van der Waals surface area contributed by atoms with Crippen LogP contribution in [0.15, 0.2) is 24.3 Å². The minimum absolute atomic E-state index is 0.226. The van der Waals surface area contributed by atoms with Crippen molar-refractivity contribution in [2.75, 3.05) is 19.7 Å². The predicted molar refractivity (Wildman–Crippen MR) is 87.2 cm³/mol. The summed E-state index contributed by atoms with van der Waals surface area (Å²) in [6.07, 6.45) is 5.08. The van der Waals surface area contributed by atoms with Gasteiger partial charge in [-0.25, -0.2) is 9.18 Å². The number of nitrogens with one attached hydrogen (secondary N) is 1. The van der Waals surface area contributed by atoms with Crippen molar-refractivity contribution < 1.29 is 18.7 Å². The van der Waals surface area contributed by atoms with Crippen LogP contribution in [0.4, 0.5) is 9.18 Å². The monoisotopic (exact) mass is 334 g/mol. The van der Waals surface area contributed by atoms with E-state index >= 15 is 0 Å². The van der Waals surface area contributed by atoms with E-state index < -0.39 is 17.8 Å². The summed E-state index contributed by atoms with van der Waals surface area (Å²) in [6, 6.07) is 5.52.